The SMILES string of the molecule is CC(C)COc1ccc(C(=O)NC(=S)Nc2ccccc2OCC(C)C)cc1. The van der Waals surface area contributed by atoms with Crippen molar-refractivity contribution in [1.29, 1.82) is 0 Å². The first-order chi connectivity index (χ1) is 13.3. The predicted molar refractivity (Wildman–Crippen MR) is 117 cm³/mol. The van der Waals surface area contributed by atoms with E-state index in [9.17, 15) is 4.79 Å². The molecule has 0 saturated carbocycles. The fourth-order valence-electron chi connectivity index (χ4n) is 2.25. The van der Waals surface area contributed by atoms with E-state index in [0.717, 1.165) is 5.75 Å². The summed E-state index contributed by atoms with van der Waals surface area (Å²) in [5, 5.41) is 5.93. The molecule has 0 fully saturated rings. The number of rotatable bonds is 8. The first-order valence-corrected chi connectivity index (χ1v) is 9.83. The topological polar surface area (TPSA) is 59.6 Å². The molecule has 28 heavy (non-hydrogen) atoms. The van der Waals surface area contributed by atoms with Gasteiger partial charge in [-0.25, -0.2) is 0 Å². The van der Waals surface area contributed by atoms with Gasteiger partial charge in [0.2, 0.25) is 0 Å². The lowest BCUT2D eigenvalue weighted by atomic mass is 10.2. The molecule has 2 aromatic carbocycles. The van der Waals surface area contributed by atoms with Gasteiger partial charge < -0.3 is 14.8 Å². The second kappa shape index (κ2) is 10.7. The molecular formula is C22H28N2O3S. The van der Waals surface area contributed by atoms with Gasteiger partial charge in [-0.05, 0) is 60.5 Å². The Labute approximate surface area is 172 Å². The molecule has 0 bridgehead atoms. The molecule has 0 aromatic heterocycles. The number of carbonyl (C=O) groups is 1. The van der Waals surface area contributed by atoms with Gasteiger partial charge in [0.1, 0.15) is 11.5 Å². The summed E-state index contributed by atoms with van der Waals surface area (Å²) in [6.45, 7) is 9.57. The van der Waals surface area contributed by atoms with Gasteiger partial charge in [0.05, 0.1) is 18.9 Å². The van der Waals surface area contributed by atoms with Crippen LogP contribution in [0.1, 0.15) is 38.1 Å². The first-order valence-electron chi connectivity index (χ1n) is 9.42. The van der Waals surface area contributed by atoms with Crippen LogP contribution in [-0.4, -0.2) is 24.2 Å². The Balaban J connectivity index is 1.93. The molecule has 2 aromatic rings. The fraction of sp³-hybridized carbons (Fsp3) is 0.364. The van der Waals surface area contributed by atoms with E-state index in [-0.39, 0.29) is 11.0 Å². The largest absolute Gasteiger partial charge is 0.493 e. The lowest BCUT2D eigenvalue weighted by molar-refractivity contribution is 0.0977. The Bertz CT molecular complexity index is 789. The molecule has 0 atom stereocenters. The van der Waals surface area contributed by atoms with Crippen LogP contribution in [0.4, 0.5) is 5.69 Å². The Morgan fingerprint density at radius 1 is 0.929 bits per heavy atom. The van der Waals surface area contributed by atoms with Gasteiger partial charge in [-0.15, -0.1) is 0 Å². The zero-order valence-corrected chi connectivity index (χ0v) is 17.6. The Hall–Kier alpha value is -2.60. The van der Waals surface area contributed by atoms with Gasteiger partial charge in [-0.2, -0.15) is 0 Å². The van der Waals surface area contributed by atoms with E-state index in [1.54, 1.807) is 24.3 Å². The smallest absolute Gasteiger partial charge is 0.257 e. The molecule has 150 valence electrons. The molecule has 0 aliphatic heterocycles. The highest BCUT2D eigenvalue weighted by Crippen LogP contribution is 2.24. The third-order valence-electron chi connectivity index (χ3n) is 3.63. The minimum atomic E-state index is -0.284. The van der Waals surface area contributed by atoms with Crippen molar-refractivity contribution in [2.24, 2.45) is 11.8 Å². The summed E-state index contributed by atoms with van der Waals surface area (Å²) in [6.07, 6.45) is 0. The summed E-state index contributed by atoms with van der Waals surface area (Å²) >= 11 is 5.28. The highest BCUT2D eigenvalue weighted by atomic mass is 32.1. The summed E-state index contributed by atoms with van der Waals surface area (Å²) in [6, 6.07) is 14.5. The zero-order valence-electron chi connectivity index (χ0n) is 16.8. The summed E-state index contributed by atoms with van der Waals surface area (Å²) in [5.74, 6) is 2.00. The highest BCUT2D eigenvalue weighted by Gasteiger charge is 2.11. The number of amides is 1. The van der Waals surface area contributed by atoms with E-state index in [4.69, 9.17) is 21.7 Å². The average Bonchev–Trinajstić information content (AvgIpc) is 2.65. The zero-order chi connectivity index (χ0) is 20.5. The van der Waals surface area contributed by atoms with Crippen LogP contribution in [0, 0.1) is 11.8 Å². The van der Waals surface area contributed by atoms with E-state index >= 15 is 0 Å². The number of nitrogens with one attached hydrogen (secondary N) is 2. The van der Waals surface area contributed by atoms with Crippen molar-refractivity contribution in [3.63, 3.8) is 0 Å². The maximum absolute atomic E-state index is 12.4. The minimum absolute atomic E-state index is 0.214. The number of anilines is 1. The minimum Gasteiger partial charge on any atom is -0.493 e. The number of thiocarbonyl (C=S) groups is 1. The molecule has 2 rings (SSSR count). The quantitative estimate of drug-likeness (QED) is 0.618. The van der Waals surface area contributed by atoms with Gasteiger partial charge in [0.15, 0.2) is 5.11 Å². The summed E-state index contributed by atoms with van der Waals surface area (Å²) in [4.78, 5) is 12.4. The van der Waals surface area contributed by atoms with E-state index in [1.165, 1.54) is 0 Å². The van der Waals surface area contributed by atoms with Crippen molar-refractivity contribution in [2.45, 2.75) is 27.7 Å². The van der Waals surface area contributed by atoms with Crippen molar-refractivity contribution >= 4 is 28.9 Å². The number of ether oxygens (including phenoxy) is 2. The Morgan fingerprint density at radius 2 is 1.54 bits per heavy atom. The lowest BCUT2D eigenvalue weighted by Crippen LogP contribution is -2.34. The second-order valence-corrected chi connectivity index (χ2v) is 7.75. The summed E-state index contributed by atoms with van der Waals surface area (Å²) < 4.78 is 11.4. The van der Waals surface area contributed by atoms with Crippen molar-refractivity contribution in [3.8, 4) is 11.5 Å². The molecule has 0 spiro atoms. The molecule has 0 aliphatic rings. The van der Waals surface area contributed by atoms with Gasteiger partial charge in [-0.1, -0.05) is 39.8 Å². The third kappa shape index (κ3) is 7.19. The van der Waals surface area contributed by atoms with Crippen molar-refractivity contribution in [1.82, 2.24) is 5.32 Å². The summed E-state index contributed by atoms with van der Waals surface area (Å²) in [7, 11) is 0. The van der Waals surface area contributed by atoms with Gasteiger partial charge >= 0.3 is 0 Å². The number of hydrogen-bond donors (Lipinski definition) is 2. The molecule has 6 heteroatoms. The van der Waals surface area contributed by atoms with Crippen LogP contribution in [-0.2, 0) is 0 Å². The number of para-hydroxylation sites is 2. The first kappa shape index (κ1) is 21.7. The Morgan fingerprint density at radius 3 is 2.18 bits per heavy atom. The van der Waals surface area contributed by atoms with Crippen molar-refractivity contribution in [3.05, 3.63) is 54.1 Å². The molecule has 0 radical (unpaired) electrons. The number of benzene rings is 2. The standard InChI is InChI=1S/C22H28N2O3S/c1-15(2)13-26-18-11-9-17(10-12-18)21(25)24-22(28)23-19-7-5-6-8-20(19)27-14-16(3)4/h5-12,15-16H,13-14H2,1-4H3,(H2,23,24,25,28). The van der Waals surface area contributed by atoms with Crippen molar-refractivity contribution < 1.29 is 14.3 Å². The van der Waals surface area contributed by atoms with Crippen LogP contribution < -0.4 is 20.1 Å². The predicted octanol–water partition coefficient (Wildman–Crippen LogP) is 4.88. The molecule has 0 aliphatic carbocycles. The molecule has 1 amide bonds. The van der Waals surface area contributed by atoms with E-state index in [0.29, 0.717) is 42.0 Å². The fourth-order valence-corrected chi connectivity index (χ4v) is 2.45. The van der Waals surface area contributed by atoms with Crippen LogP contribution in [0.25, 0.3) is 0 Å². The monoisotopic (exact) mass is 400 g/mol. The number of carbonyl (C=O) groups excluding carboxylic acids is 1. The summed E-state index contributed by atoms with van der Waals surface area (Å²) in [5.41, 5.74) is 1.22. The average molecular weight is 401 g/mol. The molecule has 2 N–H and O–H groups in total. The normalized spacial score (nSPS) is 10.6. The molecule has 5 nitrogen and oxygen atoms in total. The van der Waals surface area contributed by atoms with E-state index in [2.05, 4.69) is 38.3 Å². The Kier molecular flexibility index (Phi) is 8.26. The third-order valence-corrected chi connectivity index (χ3v) is 3.84. The van der Waals surface area contributed by atoms with Crippen molar-refractivity contribution in [2.75, 3.05) is 18.5 Å². The highest BCUT2D eigenvalue weighted by molar-refractivity contribution is 7.80. The van der Waals surface area contributed by atoms with Gasteiger partial charge in [0, 0.05) is 5.56 Å². The van der Waals surface area contributed by atoms with Gasteiger partial charge in [-0.3, -0.25) is 10.1 Å². The van der Waals surface area contributed by atoms with Crippen LogP contribution in [0.5, 0.6) is 11.5 Å². The lowest BCUT2D eigenvalue weighted by Gasteiger charge is -2.15. The van der Waals surface area contributed by atoms with E-state index < -0.39 is 0 Å². The van der Waals surface area contributed by atoms with Crippen LogP contribution in [0.2, 0.25) is 0 Å². The van der Waals surface area contributed by atoms with Crippen LogP contribution in [0.3, 0.4) is 0 Å². The maximum Gasteiger partial charge on any atom is 0.257 e. The van der Waals surface area contributed by atoms with Gasteiger partial charge in [0.25, 0.3) is 5.91 Å². The van der Waals surface area contributed by atoms with Crippen LogP contribution in [0.15, 0.2) is 48.5 Å². The molecule has 0 saturated heterocycles. The maximum atomic E-state index is 12.4. The van der Waals surface area contributed by atoms with E-state index in [1.807, 2.05) is 24.3 Å². The number of hydrogen-bond acceptors (Lipinski definition) is 4. The molecular weight excluding hydrogens is 372 g/mol. The molecule has 0 unspecified atom stereocenters. The van der Waals surface area contributed by atoms with Crippen LogP contribution >= 0.6 is 12.2 Å². The second-order valence-electron chi connectivity index (χ2n) is 7.34. The molecule has 0 heterocycles.